The van der Waals surface area contributed by atoms with Crippen molar-refractivity contribution < 1.29 is 0 Å². The molecule has 1 aromatic carbocycles. The molecule has 0 saturated carbocycles. The molecule has 0 aromatic heterocycles. The van der Waals surface area contributed by atoms with Crippen molar-refractivity contribution in [2.75, 3.05) is 20.1 Å². The van der Waals surface area contributed by atoms with Gasteiger partial charge in [-0.2, -0.15) is 0 Å². The minimum Gasteiger partial charge on any atom is -0.318 e. The van der Waals surface area contributed by atoms with Gasteiger partial charge in [0.1, 0.15) is 0 Å². The first-order valence-electron chi connectivity index (χ1n) is 4.84. The molecule has 0 radical (unpaired) electrons. The monoisotopic (exact) mass is 212 g/mol. The minimum absolute atomic E-state index is 0.806. The number of benzene rings is 1. The summed E-state index contributed by atoms with van der Waals surface area (Å²) in [7, 11) is 1.95. The van der Waals surface area contributed by atoms with Crippen LogP contribution in [0.2, 0.25) is 5.02 Å². The number of nitrogens with one attached hydrogen (secondary N) is 2. The van der Waals surface area contributed by atoms with E-state index in [1.54, 1.807) is 0 Å². The van der Waals surface area contributed by atoms with E-state index in [2.05, 4.69) is 23.6 Å². The van der Waals surface area contributed by atoms with Crippen molar-refractivity contribution in [1.82, 2.24) is 10.6 Å². The van der Waals surface area contributed by atoms with Crippen molar-refractivity contribution in [2.24, 2.45) is 0 Å². The quantitative estimate of drug-likeness (QED) is 0.730. The Hall–Kier alpha value is -0.570. The van der Waals surface area contributed by atoms with Crippen molar-refractivity contribution in [3.63, 3.8) is 0 Å². The van der Waals surface area contributed by atoms with Crippen LogP contribution in [0.4, 0.5) is 0 Å². The highest BCUT2D eigenvalue weighted by Gasteiger charge is 1.98. The SMILES string of the molecule is CNCCNCc1cc(Cl)ccc1C. The summed E-state index contributed by atoms with van der Waals surface area (Å²) in [5.74, 6) is 0. The molecule has 0 unspecified atom stereocenters. The molecular formula is C11H17ClN2. The second-order valence-corrected chi connectivity index (χ2v) is 3.79. The second-order valence-electron chi connectivity index (χ2n) is 3.35. The average Bonchev–Trinajstić information content (AvgIpc) is 2.18. The topological polar surface area (TPSA) is 24.1 Å². The first-order chi connectivity index (χ1) is 6.74. The van der Waals surface area contributed by atoms with E-state index in [1.807, 2.05) is 19.2 Å². The predicted molar refractivity (Wildman–Crippen MR) is 61.8 cm³/mol. The molecule has 0 saturated heterocycles. The van der Waals surface area contributed by atoms with Gasteiger partial charge in [-0.25, -0.2) is 0 Å². The van der Waals surface area contributed by atoms with E-state index in [9.17, 15) is 0 Å². The summed E-state index contributed by atoms with van der Waals surface area (Å²) in [5.41, 5.74) is 2.56. The fraction of sp³-hybridized carbons (Fsp3) is 0.455. The molecule has 0 aliphatic carbocycles. The van der Waals surface area contributed by atoms with Crippen LogP contribution in [0.5, 0.6) is 0 Å². The Morgan fingerprint density at radius 2 is 2.07 bits per heavy atom. The predicted octanol–water partition coefficient (Wildman–Crippen LogP) is 1.96. The molecule has 14 heavy (non-hydrogen) atoms. The Balaban J connectivity index is 2.45. The fourth-order valence-electron chi connectivity index (χ4n) is 1.27. The molecule has 2 N–H and O–H groups in total. The molecule has 3 heteroatoms. The Labute approximate surface area is 90.7 Å². The van der Waals surface area contributed by atoms with Crippen LogP contribution < -0.4 is 10.6 Å². The third kappa shape index (κ3) is 3.66. The molecule has 0 spiro atoms. The van der Waals surface area contributed by atoms with Gasteiger partial charge >= 0.3 is 0 Å². The number of hydrogen-bond donors (Lipinski definition) is 2. The van der Waals surface area contributed by atoms with Crippen LogP contribution >= 0.6 is 11.6 Å². The lowest BCUT2D eigenvalue weighted by molar-refractivity contribution is 0.649. The summed E-state index contributed by atoms with van der Waals surface area (Å²) in [6.45, 7) is 4.95. The Bertz CT molecular complexity index is 287. The molecule has 0 heterocycles. The molecule has 78 valence electrons. The van der Waals surface area contributed by atoms with Gasteiger partial charge in [0.25, 0.3) is 0 Å². The van der Waals surface area contributed by atoms with Crippen molar-refractivity contribution in [2.45, 2.75) is 13.5 Å². The number of likely N-dealkylation sites (N-methyl/N-ethyl adjacent to an activating group) is 1. The van der Waals surface area contributed by atoms with Crippen LogP contribution in [0, 0.1) is 6.92 Å². The largest absolute Gasteiger partial charge is 0.318 e. The summed E-state index contributed by atoms with van der Waals surface area (Å²) in [6, 6.07) is 5.99. The van der Waals surface area contributed by atoms with Gasteiger partial charge in [0.05, 0.1) is 0 Å². The molecule has 0 aliphatic heterocycles. The summed E-state index contributed by atoms with van der Waals surface area (Å²) in [6.07, 6.45) is 0. The first kappa shape index (κ1) is 11.5. The zero-order valence-electron chi connectivity index (χ0n) is 8.73. The Morgan fingerprint density at radius 3 is 2.79 bits per heavy atom. The fourth-order valence-corrected chi connectivity index (χ4v) is 1.46. The zero-order chi connectivity index (χ0) is 10.4. The van der Waals surface area contributed by atoms with E-state index in [0.717, 1.165) is 24.7 Å². The third-order valence-electron chi connectivity index (χ3n) is 2.18. The standard InChI is InChI=1S/C11H17ClN2/c1-9-3-4-11(12)7-10(9)8-14-6-5-13-2/h3-4,7,13-14H,5-6,8H2,1-2H3. The third-order valence-corrected chi connectivity index (χ3v) is 2.41. The highest BCUT2D eigenvalue weighted by molar-refractivity contribution is 6.30. The number of rotatable bonds is 5. The molecule has 0 atom stereocenters. The molecule has 0 fully saturated rings. The van der Waals surface area contributed by atoms with Gasteiger partial charge in [0.15, 0.2) is 0 Å². The minimum atomic E-state index is 0.806. The summed E-state index contributed by atoms with van der Waals surface area (Å²) >= 11 is 5.92. The van der Waals surface area contributed by atoms with Gasteiger partial charge in [-0.1, -0.05) is 17.7 Å². The van der Waals surface area contributed by atoms with Gasteiger partial charge in [-0.05, 0) is 37.2 Å². The summed E-state index contributed by atoms with van der Waals surface area (Å²) in [4.78, 5) is 0. The maximum absolute atomic E-state index is 5.92. The molecular weight excluding hydrogens is 196 g/mol. The Kier molecular flexibility index (Phi) is 4.94. The average molecular weight is 213 g/mol. The van der Waals surface area contributed by atoms with Crippen LogP contribution in [0.1, 0.15) is 11.1 Å². The van der Waals surface area contributed by atoms with Gasteiger partial charge in [0, 0.05) is 24.7 Å². The highest BCUT2D eigenvalue weighted by Crippen LogP contribution is 2.14. The van der Waals surface area contributed by atoms with E-state index >= 15 is 0 Å². The number of aryl methyl sites for hydroxylation is 1. The van der Waals surface area contributed by atoms with Gasteiger partial charge in [0.2, 0.25) is 0 Å². The number of hydrogen-bond acceptors (Lipinski definition) is 2. The van der Waals surface area contributed by atoms with Crippen molar-refractivity contribution in [3.8, 4) is 0 Å². The maximum atomic E-state index is 5.92. The van der Waals surface area contributed by atoms with Gasteiger partial charge in [-0.3, -0.25) is 0 Å². The lowest BCUT2D eigenvalue weighted by atomic mass is 10.1. The second kappa shape index (κ2) is 6.02. The van der Waals surface area contributed by atoms with Gasteiger partial charge in [-0.15, -0.1) is 0 Å². The normalized spacial score (nSPS) is 10.5. The molecule has 0 aliphatic rings. The van der Waals surface area contributed by atoms with Crippen molar-refractivity contribution in [1.29, 1.82) is 0 Å². The van der Waals surface area contributed by atoms with Crippen LogP contribution in [-0.2, 0) is 6.54 Å². The molecule has 2 nitrogen and oxygen atoms in total. The summed E-state index contributed by atoms with van der Waals surface area (Å²) in [5, 5.41) is 7.25. The van der Waals surface area contributed by atoms with E-state index in [1.165, 1.54) is 11.1 Å². The lowest BCUT2D eigenvalue weighted by Gasteiger charge is -2.07. The maximum Gasteiger partial charge on any atom is 0.0409 e. The van der Waals surface area contributed by atoms with Gasteiger partial charge < -0.3 is 10.6 Å². The van der Waals surface area contributed by atoms with Crippen LogP contribution in [0.3, 0.4) is 0 Å². The molecule has 1 aromatic rings. The molecule has 0 amide bonds. The van der Waals surface area contributed by atoms with Crippen molar-refractivity contribution >= 4 is 11.6 Å². The van der Waals surface area contributed by atoms with E-state index in [4.69, 9.17) is 11.6 Å². The lowest BCUT2D eigenvalue weighted by Crippen LogP contribution is -2.24. The smallest absolute Gasteiger partial charge is 0.0409 e. The van der Waals surface area contributed by atoms with Crippen LogP contribution in [0.15, 0.2) is 18.2 Å². The van der Waals surface area contributed by atoms with Crippen molar-refractivity contribution in [3.05, 3.63) is 34.3 Å². The Morgan fingerprint density at radius 1 is 1.29 bits per heavy atom. The molecule has 1 rings (SSSR count). The van der Waals surface area contributed by atoms with E-state index < -0.39 is 0 Å². The number of halogens is 1. The van der Waals surface area contributed by atoms with E-state index in [-0.39, 0.29) is 0 Å². The van der Waals surface area contributed by atoms with Crippen LogP contribution in [-0.4, -0.2) is 20.1 Å². The zero-order valence-corrected chi connectivity index (χ0v) is 9.49. The summed E-state index contributed by atoms with van der Waals surface area (Å²) < 4.78 is 0. The highest BCUT2D eigenvalue weighted by atomic mass is 35.5. The van der Waals surface area contributed by atoms with E-state index in [0.29, 0.717) is 0 Å². The van der Waals surface area contributed by atoms with Crippen LogP contribution in [0.25, 0.3) is 0 Å². The first-order valence-corrected chi connectivity index (χ1v) is 5.22. The molecule has 0 bridgehead atoms.